The first-order valence-corrected chi connectivity index (χ1v) is 19.3. The average Bonchev–Trinajstić information content (AvgIpc) is 3.66. The lowest BCUT2D eigenvalue weighted by atomic mass is 9.44. The Morgan fingerprint density at radius 3 is 2.53 bits per heavy atom. The first-order chi connectivity index (χ1) is 25.8. The lowest BCUT2D eigenvalue weighted by molar-refractivity contribution is -0.135. The molecule has 7 heteroatoms. The number of aromatic hydroxyl groups is 1. The van der Waals surface area contributed by atoms with Gasteiger partial charge in [-0.05, 0) is 139 Å². The highest BCUT2D eigenvalue weighted by Gasteiger charge is 2.68. The highest BCUT2D eigenvalue weighted by Crippen LogP contribution is 2.72. The van der Waals surface area contributed by atoms with Crippen molar-refractivity contribution >= 4 is 17.5 Å². The van der Waals surface area contributed by atoms with Crippen LogP contribution < -0.4 is 5.32 Å². The molecule has 7 nitrogen and oxygen atoms in total. The molecule has 0 amide bonds. The van der Waals surface area contributed by atoms with E-state index in [4.69, 9.17) is 9.47 Å². The molecule has 3 aromatic carbocycles. The predicted octanol–water partition coefficient (Wildman–Crippen LogP) is 8.43. The van der Waals surface area contributed by atoms with Crippen LogP contribution in [0.25, 0.3) is 16.7 Å². The number of phenolic OH excluding ortho intramolecular Hbond substituents is 1. The van der Waals surface area contributed by atoms with Gasteiger partial charge in [-0.2, -0.15) is 0 Å². The van der Waals surface area contributed by atoms with Crippen molar-refractivity contribution in [2.75, 3.05) is 13.7 Å². The molecule has 2 fully saturated rings. The number of carbonyl (C=O) groups is 2. The van der Waals surface area contributed by atoms with Gasteiger partial charge >= 0.3 is 11.9 Å². The Labute approximate surface area is 312 Å². The molecule has 1 saturated heterocycles. The van der Waals surface area contributed by atoms with Crippen LogP contribution in [-0.4, -0.2) is 35.8 Å². The Morgan fingerprint density at radius 1 is 0.943 bits per heavy atom. The summed E-state index contributed by atoms with van der Waals surface area (Å²) in [6, 6.07) is 24.3. The topological polar surface area (TPSA) is 105 Å². The number of esters is 2. The van der Waals surface area contributed by atoms with Crippen LogP contribution in [0.2, 0.25) is 0 Å². The molecule has 1 spiro atoms. The number of phenols is 1. The number of hydrogen-bond acceptors (Lipinski definition) is 7. The van der Waals surface area contributed by atoms with Crippen LogP contribution in [0.5, 0.6) is 5.75 Å². The van der Waals surface area contributed by atoms with E-state index in [9.17, 15) is 19.8 Å². The Balaban J connectivity index is 1.35. The van der Waals surface area contributed by atoms with E-state index in [1.165, 1.54) is 5.56 Å². The molecule has 6 aliphatic rings. The van der Waals surface area contributed by atoms with Crippen molar-refractivity contribution in [2.24, 2.45) is 35.0 Å². The molecule has 0 unspecified atom stereocenters. The molecule has 1 saturated carbocycles. The van der Waals surface area contributed by atoms with Gasteiger partial charge in [0.2, 0.25) is 0 Å². The predicted molar refractivity (Wildman–Crippen MR) is 205 cm³/mol. The number of rotatable bonds is 11. The third kappa shape index (κ3) is 5.98. The number of carbonyl (C=O) groups excluding carboxylic acids is 2. The molecule has 2 bridgehead atoms. The molecule has 0 radical (unpaired) electrons. The van der Waals surface area contributed by atoms with E-state index in [-0.39, 0.29) is 53.9 Å². The molecule has 274 valence electrons. The van der Waals surface area contributed by atoms with Crippen molar-refractivity contribution < 1.29 is 29.3 Å². The zero-order chi connectivity index (χ0) is 36.9. The summed E-state index contributed by atoms with van der Waals surface area (Å²) in [5.41, 5.74) is 7.58. The standard InChI is InChI=1S/C46H49NO6/c1-4-28(21-29-9-6-5-7-10-29)23-39-46-20-19-34(35-16-17-36-38(18-13-27(2)26-48)52-44(50)41(36)42(35)46)40(43(46)45(51)53-39)37-24-32(49)14-15-33(37)31-12-8-11-30(22-31)25-47-3/h5-12,14-15,18,22-24,27-28,34-35,42,47-49H,4,13,16-17,19-21,25-26H2,1-3H3/b38-18?,39-23-/t27-,28-,34+,35-,42+,46+/m0/s1. The van der Waals surface area contributed by atoms with Crippen LogP contribution in [0.3, 0.4) is 0 Å². The van der Waals surface area contributed by atoms with Crippen molar-refractivity contribution in [1.82, 2.24) is 5.32 Å². The number of ether oxygens (including phenoxy) is 2. The van der Waals surface area contributed by atoms with E-state index >= 15 is 0 Å². The van der Waals surface area contributed by atoms with Gasteiger partial charge in [0.1, 0.15) is 17.3 Å². The smallest absolute Gasteiger partial charge is 0.340 e. The number of cyclic esters (lactones) is 2. The zero-order valence-electron chi connectivity index (χ0n) is 30.9. The minimum Gasteiger partial charge on any atom is -0.508 e. The third-order valence-corrected chi connectivity index (χ3v) is 12.5. The van der Waals surface area contributed by atoms with Crippen LogP contribution in [0.4, 0.5) is 0 Å². The highest BCUT2D eigenvalue weighted by atomic mass is 16.5. The molecule has 2 aliphatic heterocycles. The number of allylic oxidation sites excluding steroid dienone is 5. The minimum absolute atomic E-state index is 0.0135. The van der Waals surface area contributed by atoms with E-state index < -0.39 is 5.41 Å². The summed E-state index contributed by atoms with van der Waals surface area (Å²) in [7, 11) is 1.93. The van der Waals surface area contributed by atoms with Crippen LogP contribution >= 0.6 is 0 Å². The third-order valence-electron chi connectivity index (χ3n) is 12.5. The highest BCUT2D eigenvalue weighted by molar-refractivity contribution is 6.07. The monoisotopic (exact) mass is 711 g/mol. The SMILES string of the molecule is CC[C@H](/C=C1\OC(=O)C2=C(c3cc(O)ccc3-c3cccc(CNC)c3)[C@@H]3CC[C@@]21[C@H]1C2=C(CC[C@@H]31)C(=CC[C@H](C)CO)OC2=O)Cc1ccccc1. The van der Waals surface area contributed by atoms with E-state index in [2.05, 4.69) is 66.8 Å². The first kappa shape index (κ1) is 35.3. The fourth-order valence-electron chi connectivity index (χ4n) is 10.1. The van der Waals surface area contributed by atoms with Gasteiger partial charge in [-0.15, -0.1) is 0 Å². The summed E-state index contributed by atoms with van der Waals surface area (Å²) in [6.07, 6.45) is 9.50. The van der Waals surface area contributed by atoms with E-state index in [0.717, 1.165) is 65.6 Å². The molecule has 0 aromatic heterocycles. The van der Waals surface area contributed by atoms with Crippen LogP contribution in [0, 0.1) is 35.0 Å². The molecule has 6 atom stereocenters. The molecule has 53 heavy (non-hydrogen) atoms. The minimum atomic E-state index is -0.847. The largest absolute Gasteiger partial charge is 0.508 e. The van der Waals surface area contributed by atoms with Gasteiger partial charge in [0.25, 0.3) is 0 Å². The first-order valence-electron chi connectivity index (χ1n) is 19.3. The van der Waals surface area contributed by atoms with Gasteiger partial charge in [-0.1, -0.05) is 68.4 Å². The summed E-state index contributed by atoms with van der Waals surface area (Å²) >= 11 is 0. The van der Waals surface area contributed by atoms with Gasteiger partial charge in [-0.25, -0.2) is 9.59 Å². The maximum absolute atomic E-state index is 14.7. The molecule has 3 N–H and O–H groups in total. The molecule has 2 heterocycles. The Kier molecular flexibility index (Phi) is 9.50. The van der Waals surface area contributed by atoms with Crippen molar-refractivity contribution in [1.29, 1.82) is 0 Å². The number of nitrogens with one attached hydrogen (secondary N) is 1. The average molecular weight is 712 g/mol. The molecular weight excluding hydrogens is 663 g/mol. The molecule has 3 aromatic rings. The second kappa shape index (κ2) is 14.3. The quantitative estimate of drug-likeness (QED) is 0.172. The fraction of sp³-hybridized carbons (Fsp3) is 0.391. The second-order valence-electron chi connectivity index (χ2n) is 15.7. The zero-order valence-corrected chi connectivity index (χ0v) is 30.9. The maximum atomic E-state index is 14.7. The summed E-state index contributed by atoms with van der Waals surface area (Å²) in [5, 5.41) is 24.0. The number of benzene rings is 3. The van der Waals surface area contributed by atoms with Crippen LogP contribution in [0.1, 0.15) is 69.1 Å². The van der Waals surface area contributed by atoms with Gasteiger partial charge in [0, 0.05) is 30.2 Å². The number of fused-ring (bicyclic) bond motifs is 1. The molecule has 4 aliphatic carbocycles. The van der Waals surface area contributed by atoms with Crippen LogP contribution in [0.15, 0.2) is 113 Å². The van der Waals surface area contributed by atoms with Crippen molar-refractivity contribution in [3.05, 3.63) is 130 Å². The Bertz CT molecular complexity index is 2070. The van der Waals surface area contributed by atoms with Crippen molar-refractivity contribution in [3.8, 4) is 16.9 Å². The lowest BCUT2D eigenvalue weighted by Gasteiger charge is -2.56. The second-order valence-corrected chi connectivity index (χ2v) is 15.7. The summed E-state index contributed by atoms with van der Waals surface area (Å²) in [4.78, 5) is 28.8. The van der Waals surface area contributed by atoms with Crippen molar-refractivity contribution in [2.45, 2.75) is 65.3 Å². The lowest BCUT2D eigenvalue weighted by Crippen LogP contribution is -2.52. The van der Waals surface area contributed by atoms with Gasteiger partial charge in [0.05, 0.1) is 11.0 Å². The van der Waals surface area contributed by atoms with Crippen LogP contribution in [-0.2, 0) is 32.0 Å². The molecule has 9 rings (SSSR count). The summed E-state index contributed by atoms with van der Waals surface area (Å²) < 4.78 is 12.6. The number of aliphatic hydroxyl groups excluding tert-OH is 1. The van der Waals surface area contributed by atoms with Gasteiger partial charge in [-0.3, -0.25) is 0 Å². The number of aliphatic hydroxyl groups is 1. The maximum Gasteiger partial charge on any atom is 0.340 e. The summed E-state index contributed by atoms with van der Waals surface area (Å²) in [5.74, 6) is 0.684. The summed E-state index contributed by atoms with van der Waals surface area (Å²) in [6.45, 7) is 4.92. The normalized spacial score (nSPS) is 27.1. The van der Waals surface area contributed by atoms with E-state index in [0.29, 0.717) is 41.9 Å². The fourth-order valence-corrected chi connectivity index (χ4v) is 10.1. The van der Waals surface area contributed by atoms with E-state index in [1.807, 2.05) is 38.2 Å². The molecular formula is C46H49NO6. The van der Waals surface area contributed by atoms with Gasteiger partial charge < -0.3 is 25.0 Å². The van der Waals surface area contributed by atoms with E-state index in [1.54, 1.807) is 6.07 Å². The Morgan fingerprint density at radius 2 is 1.75 bits per heavy atom. The van der Waals surface area contributed by atoms with Crippen molar-refractivity contribution in [3.63, 3.8) is 0 Å². The Hall–Kier alpha value is -4.72. The van der Waals surface area contributed by atoms with Gasteiger partial charge in [0.15, 0.2) is 0 Å². The number of hydrogen-bond donors (Lipinski definition) is 3.